The maximum atomic E-state index is 12.1. The summed E-state index contributed by atoms with van der Waals surface area (Å²) in [5.74, 6) is -3.25. The highest BCUT2D eigenvalue weighted by Crippen LogP contribution is 2.47. The number of hydrogen-bond donors (Lipinski definition) is 2. The molecule has 0 aromatic rings. The molecule has 0 radical (unpaired) electrons. The molecule has 2 rings (SSSR count). The molecule has 2 atom stereocenters. The lowest BCUT2D eigenvalue weighted by atomic mass is 9.98. The fourth-order valence-corrected chi connectivity index (χ4v) is 2.39. The normalized spacial score (nSPS) is 35.9. The fourth-order valence-electron chi connectivity index (χ4n) is 2.39. The Morgan fingerprint density at radius 2 is 1.94 bits per heavy atom. The highest BCUT2D eigenvalue weighted by Gasteiger charge is 2.61. The molecule has 0 aromatic carbocycles. The molecule has 2 N–H and O–H groups in total. The van der Waals surface area contributed by atoms with Crippen molar-refractivity contribution in [2.75, 3.05) is 6.61 Å². The third kappa shape index (κ3) is 1.86. The van der Waals surface area contributed by atoms with Crippen molar-refractivity contribution in [2.45, 2.75) is 36.6 Å². The topological polar surface area (TPSA) is 75.6 Å². The van der Waals surface area contributed by atoms with E-state index in [4.69, 9.17) is 9.84 Å². The van der Waals surface area contributed by atoms with Gasteiger partial charge in [0, 0.05) is 6.42 Å². The summed E-state index contributed by atoms with van der Waals surface area (Å²) in [6, 6.07) is 0. The summed E-state index contributed by atoms with van der Waals surface area (Å²) in [7, 11) is 0. The standard InChI is InChI=1S/C9H10F3NO4/c10-9(11,12)5(14)13-7-1-2-8(3-7,6(15)16)17-4-7/h1-4H2,(H,13,14)(H,15,16). The summed E-state index contributed by atoms with van der Waals surface area (Å²) in [4.78, 5) is 21.8. The highest BCUT2D eigenvalue weighted by atomic mass is 19.4. The number of carboxylic acids is 1. The Labute approximate surface area is 93.9 Å². The maximum absolute atomic E-state index is 12.1. The monoisotopic (exact) mass is 253 g/mol. The second-order valence-electron chi connectivity index (χ2n) is 4.50. The largest absolute Gasteiger partial charge is 0.479 e. The first-order chi connectivity index (χ1) is 7.69. The lowest BCUT2D eigenvalue weighted by molar-refractivity contribution is -0.176. The number of amides is 1. The van der Waals surface area contributed by atoms with Crippen LogP contribution in [0.25, 0.3) is 0 Å². The molecule has 5 nitrogen and oxygen atoms in total. The van der Waals surface area contributed by atoms with Crippen LogP contribution >= 0.6 is 0 Å². The minimum atomic E-state index is -4.97. The number of fused-ring (bicyclic) bond motifs is 2. The van der Waals surface area contributed by atoms with E-state index in [1.54, 1.807) is 0 Å². The number of hydrogen-bond acceptors (Lipinski definition) is 3. The van der Waals surface area contributed by atoms with Crippen LogP contribution < -0.4 is 5.32 Å². The molecule has 8 heteroatoms. The van der Waals surface area contributed by atoms with Gasteiger partial charge >= 0.3 is 18.1 Å². The molecule has 1 aliphatic heterocycles. The maximum Gasteiger partial charge on any atom is 0.471 e. The van der Waals surface area contributed by atoms with Crippen molar-refractivity contribution < 1.29 is 32.6 Å². The Bertz CT molecular complexity index is 371. The Balaban J connectivity index is 2.10. The lowest BCUT2D eigenvalue weighted by Crippen LogP contribution is -2.52. The van der Waals surface area contributed by atoms with Crippen molar-refractivity contribution in [1.29, 1.82) is 0 Å². The van der Waals surface area contributed by atoms with Crippen molar-refractivity contribution in [1.82, 2.24) is 5.32 Å². The van der Waals surface area contributed by atoms with Crippen molar-refractivity contribution in [2.24, 2.45) is 0 Å². The first kappa shape index (κ1) is 12.2. The zero-order valence-corrected chi connectivity index (χ0v) is 8.63. The Hall–Kier alpha value is -1.31. The Morgan fingerprint density at radius 1 is 1.29 bits per heavy atom. The van der Waals surface area contributed by atoms with Gasteiger partial charge in [0.1, 0.15) is 0 Å². The van der Waals surface area contributed by atoms with Gasteiger partial charge in [-0.3, -0.25) is 4.79 Å². The Kier molecular flexibility index (Phi) is 2.39. The number of halogens is 3. The van der Waals surface area contributed by atoms with E-state index in [9.17, 15) is 22.8 Å². The Morgan fingerprint density at radius 3 is 2.29 bits per heavy atom. The molecule has 1 heterocycles. The predicted octanol–water partition coefficient (Wildman–Crippen LogP) is 0.441. The minimum absolute atomic E-state index is 0.112. The minimum Gasteiger partial charge on any atom is -0.479 e. The molecular weight excluding hydrogens is 243 g/mol. The van der Waals surface area contributed by atoms with Crippen molar-refractivity contribution in [3.05, 3.63) is 0 Å². The quantitative estimate of drug-likeness (QED) is 0.748. The molecular formula is C9H10F3NO4. The number of carbonyl (C=O) groups excluding carboxylic acids is 1. The summed E-state index contributed by atoms with van der Waals surface area (Å²) < 4.78 is 41.4. The second-order valence-corrected chi connectivity index (χ2v) is 4.50. The van der Waals surface area contributed by atoms with Crippen LogP contribution in [-0.4, -0.2) is 40.9 Å². The molecule has 1 amide bonds. The smallest absolute Gasteiger partial charge is 0.471 e. The van der Waals surface area contributed by atoms with E-state index in [-0.39, 0.29) is 25.9 Å². The van der Waals surface area contributed by atoms with E-state index >= 15 is 0 Å². The molecule has 2 bridgehead atoms. The van der Waals surface area contributed by atoms with Crippen LogP contribution in [-0.2, 0) is 14.3 Å². The van der Waals surface area contributed by atoms with Crippen LogP contribution in [0.3, 0.4) is 0 Å². The third-order valence-corrected chi connectivity index (χ3v) is 3.28. The molecule has 1 saturated carbocycles. The molecule has 2 unspecified atom stereocenters. The van der Waals surface area contributed by atoms with E-state index in [1.165, 1.54) is 0 Å². The van der Waals surface area contributed by atoms with Gasteiger partial charge in [-0.25, -0.2) is 4.79 Å². The molecule has 96 valence electrons. The average molecular weight is 253 g/mol. The summed E-state index contributed by atoms with van der Waals surface area (Å²) in [6.07, 6.45) is -4.79. The molecule has 0 spiro atoms. The fraction of sp³-hybridized carbons (Fsp3) is 0.778. The average Bonchev–Trinajstić information content (AvgIpc) is 2.72. The van der Waals surface area contributed by atoms with Crippen LogP contribution in [0, 0.1) is 0 Å². The predicted molar refractivity (Wildman–Crippen MR) is 47.1 cm³/mol. The van der Waals surface area contributed by atoms with Crippen LogP contribution in [0.2, 0.25) is 0 Å². The SMILES string of the molecule is O=C(NC12CCC(C(=O)O)(C1)OC2)C(F)(F)F. The molecule has 2 fully saturated rings. The first-order valence-electron chi connectivity index (χ1n) is 4.96. The highest BCUT2D eigenvalue weighted by molar-refractivity contribution is 5.84. The van der Waals surface area contributed by atoms with Crippen LogP contribution in [0.5, 0.6) is 0 Å². The van der Waals surface area contributed by atoms with E-state index in [2.05, 4.69) is 0 Å². The van der Waals surface area contributed by atoms with Crippen LogP contribution in [0.1, 0.15) is 19.3 Å². The summed E-state index contributed by atoms with van der Waals surface area (Å²) in [6.45, 7) is -0.193. The third-order valence-electron chi connectivity index (χ3n) is 3.28. The van der Waals surface area contributed by atoms with E-state index in [1.807, 2.05) is 5.32 Å². The number of aliphatic carboxylic acids is 1. The zero-order chi connectivity index (χ0) is 12.9. The number of nitrogens with one attached hydrogen (secondary N) is 1. The molecule has 2 aliphatic rings. The number of ether oxygens (including phenoxy) is 1. The van der Waals surface area contributed by atoms with Crippen molar-refractivity contribution in [3.8, 4) is 0 Å². The number of carbonyl (C=O) groups is 2. The first-order valence-corrected chi connectivity index (χ1v) is 4.96. The van der Waals surface area contributed by atoms with E-state index in [0.717, 1.165) is 0 Å². The van der Waals surface area contributed by atoms with Crippen molar-refractivity contribution >= 4 is 11.9 Å². The van der Waals surface area contributed by atoms with Crippen LogP contribution in [0.15, 0.2) is 0 Å². The van der Waals surface area contributed by atoms with Gasteiger partial charge in [-0.1, -0.05) is 0 Å². The second kappa shape index (κ2) is 3.34. The molecule has 0 aromatic heterocycles. The summed E-state index contributed by atoms with van der Waals surface area (Å²) >= 11 is 0. The van der Waals surface area contributed by atoms with Gasteiger partial charge in [0.2, 0.25) is 0 Å². The van der Waals surface area contributed by atoms with Crippen molar-refractivity contribution in [3.63, 3.8) is 0 Å². The van der Waals surface area contributed by atoms with Gasteiger partial charge in [-0.05, 0) is 12.8 Å². The summed E-state index contributed by atoms with van der Waals surface area (Å²) in [5, 5.41) is 10.8. The van der Waals surface area contributed by atoms with Gasteiger partial charge < -0.3 is 15.2 Å². The molecule has 17 heavy (non-hydrogen) atoms. The zero-order valence-electron chi connectivity index (χ0n) is 8.63. The van der Waals surface area contributed by atoms with Crippen LogP contribution in [0.4, 0.5) is 13.2 Å². The summed E-state index contributed by atoms with van der Waals surface area (Å²) in [5.41, 5.74) is -2.62. The lowest BCUT2D eigenvalue weighted by Gasteiger charge is -2.27. The number of rotatable bonds is 2. The van der Waals surface area contributed by atoms with Gasteiger partial charge in [0.25, 0.3) is 0 Å². The number of alkyl halides is 3. The number of carboxylic acid groups (broad SMARTS) is 1. The van der Waals surface area contributed by atoms with Gasteiger partial charge in [-0.15, -0.1) is 0 Å². The van der Waals surface area contributed by atoms with E-state index in [0.29, 0.717) is 0 Å². The van der Waals surface area contributed by atoms with Gasteiger partial charge in [-0.2, -0.15) is 13.2 Å². The van der Waals surface area contributed by atoms with Gasteiger partial charge in [0.15, 0.2) is 5.60 Å². The molecule has 1 saturated heterocycles. The van der Waals surface area contributed by atoms with E-state index < -0.39 is 29.2 Å². The molecule has 1 aliphatic carbocycles. The van der Waals surface area contributed by atoms with Gasteiger partial charge in [0.05, 0.1) is 12.1 Å².